The van der Waals surface area contributed by atoms with E-state index in [2.05, 4.69) is 0 Å². The van der Waals surface area contributed by atoms with E-state index in [4.69, 9.17) is 10.00 Å². The summed E-state index contributed by atoms with van der Waals surface area (Å²) in [5, 5.41) is 27.4. The molecule has 3 atom stereocenters. The highest BCUT2D eigenvalue weighted by Crippen LogP contribution is 2.50. The van der Waals surface area contributed by atoms with Gasteiger partial charge in [0, 0.05) is 0 Å². The molecule has 23 heavy (non-hydrogen) atoms. The third-order valence-electron chi connectivity index (χ3n) is 3.66. The number of aliphatic carboxylic acids is 1. The van der Waals surface area contributed by atoms with Gasteiger partial charge in [-0.2, -0.15) is 5.26 Å². The second-order valence-electron chi connectivity index (χ2n) is 5.16. The van der Waals surface area contributed by atoms with Crippen molar-refractivity contribution < 1.29 is 24.5 Å². The summed E-state index contributed by atoms with van der Waals surface area (Å²) >= 11 is 1.10. The second-order valence-corrected chi connectivity index (χ2v) is 6.25. The standard InChI is InChI=1S/C15H12N2O5S/c1-7(18)10-12(19)17-11(14(20)21)15(23-13(10)17)22-9-4-2-8(6-16)3-5-9/h2-5,7,10,13,18H,1H3,(H,20,21)/t7-,10+,13-/m1/s1. The lowest BCUT2D eigenvalue weighted by Crippen LogP contribution is -2.60. The molecule has 2 aliphatic heterocycles. The number of hydrogen-bond donors (Lipinski definition) is 2. The van der Waals surface area contributed by atoms with Gasteiger partial charge in [0.15, 0.2) is 10.8 Å². The summed E-state index contributed by atoms with van der Waals surface area (Å²) in [7, 11) is 0. The molecule has 0 unspecified atom stereocenters. The number of carboxylic acids is 1. The number of amides is 1. The van der Waals surface area contributed by atoms with Crippen LogP contribution in [0.15, 0.2) is 35.1 Å². The number of benzene rings is 1. The van der Waals surface area contributed by atoms with Crippen LogP contribution in [-0.2, 0) is 9.59 Å². The number of rotatable bonds is 4. The highest BCUT2D eigenvalue weighted by Gasteiger charge is 2.58. The summed E-state index contributed by atoms with van der Waals surface area (Å²) in [4.78, 5) is 24.7. The topological polar surface area (TPSA) is 111 Å². The molecule has 0 spiro atoms. The molecule has 1 saturated heterocycles. The van der Waals surface area contributed by atoms with E-state index in [-0.39, 0.29) is 10.8 Å². The fraction of sp³-hybridized carbons (Fsp3) is 0.267. The van der Waals surface area contributed by atoms with Crippen LogP contribution in [0.1, 0.15) is 12.5 Å². The monoisotopic (exact) mass is 332 g/mol. The Morgan fingerprint density at radius 1 is 1.43 bits per heavy atom. The number of β-lactam (4-membered cyclic amide) rings is 1. The van der Waals surface area contributed by atoms with Crippen molar-refractivity contribution in [1.29, 1.82) is 5.26 Å². The molecular weight excluding hydrogens is 320 g/mol. The summed E-state index contributed by atoms with van der Waals surface area (Å²) in [5.74, 6) is -1.96. The number of carboxylic acid groups (broad SMARTS) is 1. The van der Waals surface area contributed by atoms with Gasteiger partial charge in [-0.25, -0.2) is 4.79 Å². The molecule has 3 rings (SSSR count). The Bertz CT molecular complexity index is 750. The van der Waals surface area contributed by atoms with Crippen LogP contribution in [0.2, 0.25) is 0 Å². The smallest absolute Gasteiger partial charge is 0.357 e. The molecule has 1 amide bonds. The van der Waals surface area contributed by atoms with Crippen LogP contribution in [-0.4, -0.2) is 38.5 Å². The molecule has 2 aliphatic rings. The molecule has 0 radical (unpaired) electrons. The number of nitriles is 1. The number of carbonyl (C=O) groups excluding carboxylic acids is 1. The first-order chi connectivity index (χ1) is 10.9. The number of aliphatic hydroxyl groups excluding tert-OH is 1. The molecule has 8 heteroatoms. The fourth-order valence-electron chi connectivity index (χ4n) is 2.53. The van der Waals surface area contributed by atoms with Gasteiger partial charge in [0.05, 0.1) is 23.7 Å². The molecule has 2 heterocycles. The van der Waals surface area contributed by atoms with Gasteiger partial charge in [-0.1, -0.05) is 11.8 Å². The van der Waals surface area contributed by atoms with Crippen LogP contribution >= 0.6 is 11.8 Å². The van der Waals surface area contributed by atoms with Gasteiger partial charge in [0.1, 0.15) is 11.1 Å². The Morgan fingerprint density at radius 2 is 2.09 bits per heavy atom. The lowest BCUT2D eigenvalue weighted by molar-refractivity contribution is -0.156. The van der Waals surface area contributed by atoms with Crippen LogP contribution in [0, 0.1) is 17.2 Å². The van der Waals surface area contributed by atoms with Gasteiger partial charge in [0.2, 0.25) is 5.91 Å². The van der Waals surface area contributed by atoms with E-state index in [0.29, 0.717) is 11.3 Å². The largest absolute Gasteiger partial charge is 0.476 e. The molecule has 1 aromatic rings. The van der Waals surface area contributed by atoms with E-state index >= 15 is 0 Å². The minimum atomic E-state index is -1.26. The summed E-state index contributed by atoms with van der Waals surface area (Å²) in [6.07, 6.45) is -0.861. The second kappa shape index (κ2) is 5.61. The van der Waals surface area contributed by atoms with E-state index < -0.39 is 29.3 Å². The van der Waals surface area contributed by atoms with Crippen molar-refractivity contribution in [2.24, 2.45) is 5.92 Å². The van der Waals surface area contributed by atoms with Gasteiger partial charge in [-0.15, -0.1) is 0 Å². The minimum Gasteiger partial charge on any atom is -0.476 e. The van der Waals surface area contributed by atoms with E-state index in [9.17, 15) is 19.8 Å². The average molecular weight is 332 g/mol. The number of aliphatic hydroxyl groups is 1. The van der Waals surface area contributed by atoms with Gasteiger partial charge in [-0.3, -0.25) is 9.69 Å². The normalized spacial score (nSPS) is 23.9. The molecule has 118 valence electrons. The first kappa shape index (κ1) is 15.4. The average Bonchev–Trinajstić information content (AvgIpc) is 2.82. The number of carbonyl (C=O) groups is 2. The highest BCUT2D eigenvalue weighted by atomic mass is 32.2. The molecule has 1 fully saturated rings. The van der Waals surface area contributed by atoms with Gasteiger partial charge >= 0.3 is 5.97 Å². The maximum atomic E-state index is 12.0. The van der Waals surface area contributed by atoms with Crippen LogP contribution in [0.25, 0.3) is 0 Å². The molecule has 0 aromatic heterocycles. The van der Waals surface area contributed by atoms with E-state index in [0.717, 1.165) is 16.7 Å². The van der Waals surface area contributed by atoms with Crippen molar-refractivity contribution in [2.75, 3.05) is 0 Å². The van der Waals surface area contributed by atoms with Gasteiger partial charge in [-0.05, 0) is 31.2 Å². The van der Waals surface area contributed by atoms with Crippen molar-refractivity contribution in [1.82, 2.24) is 4.90 Å². The predicted molar refractivity (Wildman–Crippen MR) is 79.8 cm³/mol. The van der Waals surface area contributed by atoms with Crippen molar-refractivity contribution in [3.05, 3.63) is 40.6 Å². The molecule has 7 nitrogen and oxygen atoms in total. The van der Waals surface area contributed by atoms with Gasteiger partial charge < -0.3 is 14.9 Å². The number of ether oxygens (including phenoxy) is 1. The van der Waals surface area contributed by atoms with E-state index in [1.165, 1.54) is 6.92 Å². The van der Waals surface area contributed by atoms with Gasteiger partial charge in [0.25, 0.3) is 0 Å². The molecule has 1 aromatic carbocycles. The Hall–Kier alpha value is -2.50. The van der Waals surface area contributed by atoms with Crippen molar-refractivity contribution >= 4 is 23.6 Å². The van der Waals surface area contributed by atoms with Crippen molar-refractivity contribution in [3.8, 4) is 11.8 Å². The summed E-state index contributed by atoms with van der Waals surface area (Å²) < 4.78 is 5.58. The lowest BCUT2D eigenvalue weighted by atomic mass is 9.92. The zero-order valence-corrected chi connectivity index (χ0v) is 12.8. The lowest BCUT2D eigenvalue weighted by Gasteiger charge is -2.43. The summed E-state index contributed by atoms with van der Waals surface area (Å²) in [6, 6.07) is 8.18. The molecule has 0 aliphatic carbocycles. The van der Waals surface area contributed by atoms with Crippen molar-refractivity contribution in [2.45, 2.75) is 18.4 Å². The fourth-order valence-corrected chi connectivity index (χ4v) is 3.99. The van der Waals surface area contributed by atoms with Crippen molar-refractivity contribution in [3.63, 3.8) is 0 Å². The minimum absolute atomic E-state index is 0.101. The Labute approximate surface area is 135 Å². The SMILES string of the molecule is C[C@@H](O)[C@H]1C(=O)N2C(C(=O)O)=C(Oc3ccc(C#N)cc3)S[C@H]12. The quantitative estimate of drug-likeness (QED) is 0.794. The van der Waals surface area contributed by atoms with Crippen LogP contribution in [0.5, 0.6) is 5.75 Å². The number of thioether (sulfide) groups is 1. The molecular formula is C15H12N2O5S. The zero-order chi connectivity index (χ0) is 16.7. The zero-order valence-electron chi connectivity index (χ0n) is 12.0. The number of fused-ring (bicyclic) bond motifs is 1. The Kier molecular flexibility index (Phi) is 3.75. The maximum absolute atomic E-state index is 12.0. The van der Waals surface area contributed by atoms with E-state index in [1.54, 1.807) is 24.3 Å². The Balaban J connectivity index is 1.87. The number of nitrogens with zero attached hydrogens (tertiary/aromatic N) is 2. The van der Waals surface area contributed by atoms with Crippen LogP contribution in [0.3, 0.4) is 0 Å². The Morgan fingerprint density at radius 3 is 2.61 bits per heavy atom. The summed E-state index contributed by atoms with van der Waals surface area (Å²) in [5.41, 5.74) is 0.239. The summed E-state index contributed by atoms with van der Waals surface area (Å²) in [6.45, 7) is 1.50. The highest BCUT2D eigenvalue weighted by molar-refractivity contribution is 8.03. The number of hydrogen-bond acceptors (Lipinski definition) is 6. The van der Waals surface area contributed by atoms with E-state index in [1.807, 2.05) is 6.07 Å². The molecule has 0 bridgehead atoms. The van der Waals surface area contributed by atoms with Crippen LogP contribution < -0.4 is 4.74 Å². The third kappa shape index (κ3) is 2.44. The predicted octanol–water partition coefficient (Wildman–Crippen LogP) is 1.10. The molecule has 0 saturated carbocycles. The third-order valence-corrected chi connectivity index (χ3v) is 4.90. The first-order valence-corrected chi connectivity index (χ1v) is 7.65. The van der Waals surface area contributed by atoms with Crippen LogP contribution in [0.4, 0.5) is 0 Å². The first-order valence-electron chi connectivity index (χ1n) is 6.77. The molecule has 2 N–H and O–H groups in total. The maximum Gasteiger partial charge on any atom is 0.357 e.